The Bertz CT molecular complexity index is 1010. The number of anilines is 2. The number of Topliss-reactive ketones (excluding diaryl/α,β-unsaturated/α-hetero) is 1. The SMILES string of the molecule is COc1ccccc1NC(=S)Nc1cccc(SCC(=O)c2ccc(Cl)cc2)c1. The molecule has 29 heavy (non-hydrogen) atoms. The number of rotatable bonds is 7. The lowest BCUT2D eigenvalue weighted by atomic mass is 10.1. The molecule has 3 rings (SSSR count). The number of hydrogen-bond acceptors (Lipinski definition) is 4. The summed E-state index contributed by atoms with van der Waals surface area (Å²) in [6, 6.07) is 22.2. The molecule has 0 saturated heterocycles. The summed E-state index contributed by atoms with van der Waals surface area (Å²) in [6.45, 7) is 0. The first kappa shape index (κ1) is 21.2. The van der Waals surface area contributed by atoms with Crippen molar-refractivity contribution < 1.29 is 9.53 Å². The molecule has 0 atom stereocenters. The van der Waals surface area contributed by atoms with Gasteiger partial charge in [0.05, 0.1) is 18.6 Å². The fourth-order valence-electron chi connectivity index (χ4n) is 2.56. The van der Waals surface area contributed by atoms with Gasteiger partial charge in [0.1, 0.15) is 5.75 Å². The Balaban J connectivity index is 1.58. The van der Waals surface area contributed by atoms with Gasteiger partial charge in [0.2, 0.25) is 0 Å². The molecule has 0 heterocycles. The minimum Gasteiger partial charge on any atom is -0.495 e. The fourth-order valence-corrected chi connectivity index (χ4v) is 3.77. The van der Waals surface area contributed by atoms with Crippen LogP contribution in [0.4, 0.5) is 11.4 Å². The van der Waals surface area contributed by atoms with Gasteiger partial charge < -0.3 is 15.4 Å². The van der Waals surface area contributed by atoms with Crippen molar-refractivity contribution >= 4 is 57.9 Å². The molecule has 3 aromatic carbocycles. The Kier molecular flexibility index (Phi) is 7.52. The zero-order valence-corrected chi connectivity index (χ0v) is 18.0. The molecule has 0 aromatic heterocycles. The van der Waals surface area contributed by atoms with E-state index >= 15 is 0 Å². The molecule has 3 aromatic rings. The molecule has 0 aliphatic carbocycles. The van der Waals surface area contributed by atoms with Crippen LogP contribution in [0.25, 0.3) is 0 Å². The third kappa shape index (κ3) is 6.22. The van der Waals surface area contributed by atoms with Crippen LogP contribution >= 0.6 is 35.6 Å². The van der Waals surface area contributed by atoms with E-state index in [2.05, 4.69) is 10.6 Å². The summed E-state index contributed by atoms with van der Waals surface area (Å²) < 4.78 is 5.32. The number of halogens is 1. The largest absolute Gasteiger partial charge is 0.495 e. The van der Waals surface area contributed by atoms with Gasteiger partial charge in [-0.2, -0.15) is 0 Å². The summed E-state index contributed by atoms with van der Waals surface area (Å²) in [4.78, 5) is 13.3. The van der Waals surface area contributed by atoms with E-state index in [1.165, 1.54) is 11.8 Å². The van der Waals surface area contributed by atoms with Crippen molar-refractivity contribution in [3.8, 4) is 5.75 Å². The number of thiocarbonyl (C=S) groups is 1. The van der Waals surface area contributed by atoms with E-state index in [-0.39, 0.29) is 5.78 Å². The van der Waals surface area contributed by atoms with Crippen molar-refractivity contribution in [1.82, 2.24) is 0 Å². The number of ketones is 1. The second kappa shape index (κ2) is 10.3. The summed E-state index contributed by atoms with van der Waals surface area (Å²) in [5, 5.41) is 7.36. The summed E-state index contributed by atoms with van der Waals surface area (Å²) in [5.41, 5.74) is 2.27. The maximum absolute atomic E-state index is 12.3. The lowest BCUT2D eigenvalue weighted by Gasteiger charge is -2.13. The molecule has 7 heteroatoms. The second-order valence-corrected chi connectivity index (χ2v) is 7.92. The summed E-state index contributed by atoms with van der Waals surface area (Å²) in [7, 11) is 1.61. The highest BCUT2D eigenvalue weighted by atomic mass is 35.5. The van der Waals surface area contributed by atoms with Crippen molar-refractivity contribution in [2.24, 2.45) is 0 Å². The van der Waals surface area contributed by atoms with Crippen molar-refractivity contribution in [3.05, 3.63) is 83.4 Å². The number of carbonyl (C=O) groups is 1. The second-order valence-electron chi connectivity index (χ2n) is 6.03. The van der Waals surface area contributed by atoms with Gasteiger partial charge in [-0.3, -0.25) is 4.79 Å². The molecular weight excluding hydrogens is 424 g/mol. The number of benzene rings is 3. The van der Waals surface area contributed by atoms with E-state index in [4.69, 9.17) is 28.6 Å². The highest BCUT2D eigenvalue weighted by Crippen LogP contribution is 2.25. The zero-order chi connectivity index (χ0) is 20.6. The quantitative estimate of drug-likeness (QED) is 0.260. The molecule has 148 valence electrons. The van der Waals surface area contributed by atoms with Crippen LogP contribution in [0.1, 0.15) is 10.4 Å². The standard InChI is InChI=1S/C22H19ClN2O2S2/c1-27-21-8-3-2-7-19(21)25-22(28)24-17-5-4-6-18(13-17)29-14-20(26)15-9-11-16(23)12-10-15/h2-13H,14H2,1H3,(H2,24,25,28). The predicted octanol–water partition coefficient (Wildman–Crippen LogP) is 6.13. The minimum absolute atomic E-state index is 0.0541. The van der Waals surface area contributed by atoms with Crippen LogP contribution in [-0.4, -0.2) is 23.8 Å². The number of para-hydroxylation sites is 2. The van der Waals surface area contributed by atoms with Gasteiger partial charge in [-0.15, -0.1) is 11.8 Å². The number of nitrogens with one attached hydrogen (secondary N) is 2. The van der Waals surface area contributed by atoms with E-state index in [9.17, 15) is 4.79 Å². The third-order valence-electron chi connectivity index (χ3n) is 3.98. The van der Waals surface area contributed by atoms with E-state index < -0.39 is 0 Å². The molecule has 0 unspecified atom stereocenters. The average molecular weight is 443 g/mol. The van der Waals surface area contributed by atoms with Crippen molar-refractivity contribution in [2.75, 3.05) is 23.5 Å². The molecule has 0 amide bonds. The Morgan fingerprint density at radius 1 is 1.03 bits per heavy atom. The lowest BCUT2D eigenvalue weighted by Crippen LogP contribution is -2.19. The molecule has 4 nitrogen and oxygen atoms in total. The Labute approximate surface area is 184 Å². The highest BCUT2D eigenvalue weighted by molar-refractivity contribution is 8.00. The molecule has 0 saturated carbocycles. The molecule has 2 N–H and O–H groups in total. The lowest BCUT2D eigenvalue weighted by molar-refractivity contribution is 0.102. The van der Waals surface area contributed by atoms with Crippen LogP contribution in [0.5, 0.6) is 5.75 Å². The third-order valence-corrected chi connectivity index (χ3v) is 5.43. The maximum Gasteiger partial charge on any atom is 0.175 e. The fraction of sp³-hybridized carbons (Fsp3) is 0.0909. The minimum atomic E-state index is 0.0541. The molecule has 0 radical (unpaired) electrons. The topological polar surface area (TPSA) is 50.4 Å². The van der Waals surface area contributed by atoms with E-state index in [1.807, 2.05) is 48.5 Å². The van der Waals surface area contributed by atoms with Crippen molar-refractivity contribution in [1.29, 1.82) is 0 Å². The van der Waals surface area contributed by atoms with E-state index in [1.54, 1.807) is 31.4 Å². The molecule has 0 spiro atoms. The van der Waals surface area contributed by atoms with Crippen LogP contribution in [0, 0.1) is 0 Å². The van der Waals surface area contributed by atoms with Gasteiger partial charge in [0.25, 0.3) is 0 Å². The monoisotopic (exact) mass is 442 g/mol. The molecule has 0 aliphatic rings. The van der Waals surface area contributed by atoms with Gasteiger partial charge in [0.15, 0.2) is 10.9 Å². The highest BCUT2D eigenvalue weighted by Gasteiger charge is 2.08. The smallest absolute Gasteiger partial charge is 0.175 e. The predicted molar refractivity (Wildman–Crippen MR) is 126 cm³/mol. The Morgan fingerprint density at radius 2 is 1.79 bits per heavy atom. The van der Waals surface area contributed by atoms with Crippen LogP contribution in [0.2, 0.25) is 5.02 Å². The molecule has 0 bridgehead atoms. The van der Waals surface area contributed by atoms with Crippen LogP contribution in [0.3, 0.4) is 0 Å². The number of ether oxygens (including phenoxy) is 1. The van der Waals surface area contributed by atoms with Crippen LogP contribution in [-0.2, 0) is 0 Å². The summed E-state index contributed by atoms with van der Waals surface area (Å²) in [6.07, 6.45) is 0. The molecular formula is C22H19ClN2O2S2. The summed E-state index contributed by atoms with van der Waals surface area (Å²) in [5.74, 6) is 1.11. The van der Waals surface area contributed by atoms with Crippen molar-refractivity contribution in [2.45, 2.75) is 4.90 Å². The van der Waals surface area contributed by atoms with Gasteiger partial charge in [-0.1, -0.05) is 29.8 Å². The van der Waals surface area contributed by atoms with Gasteiger partial charge in [-0.25, -0.2) is 0 Å². The first-order valence-electron chi connectivity index (χ1n) is 8.78. The van der Waals surface area contributed by atoms with Crippen molar-refractivity contribution in [3.63, 3.8) is 0 Å². The first-order valence-corrected chi connectivity index (χ1v) is 10.5. The number of methoxy groups -OCH3 is 1. The Morgan fingerprint density at radius 3 is 2.55 bits per heavy atom. The van der Waals surface area contributed by atoms with Crippen LogP contribution in [0.15, 0.2) is 77.7 Å². The Hall–Kier alpha value is -2.54. The average Bonchev–Trinajstić information content (AvgIpc) is 2.73. The first-order chi connectivity index (χ1) is 14.0. The van der Waals surface area contributed by atoms with Crippen LogP contribution < -0.4 is 15.4 Å². The zero-order valence-electron chi connectivity index (χ0n) is 15.6. The summed E-state index contributed by atoms with van der Waals surface area (Å²) >= 11 is 12.7. The van der Waals surface area contributed by atoms with E-state index in [0.717, 1.165) is 16.3 Å². The van der Waals surface area contributed by atoms with Gasteiger partial charge >= 0.3 is 0 Å². The molecule has 0 aliphatic heterocycles. The number of carbonyl (C=O) groups excluding carboxylic acids is 1. The molecule has 0 fully saturated rings. The number of thioether (sulfide) groups is 1. The number of hydrogen-bond donors (Lipinski definition) is 2. The van der Waals surface area contributed by atoms with E-state index in [0.29, 0.717) is 27.2 Å². The normalized spacial score (nSPS) is 10.3. The maximum atomic E-state index is 12.3. The van der Waals surface area contributed by atoms with Gasteiger partial charge in [-0.05, 0) is 66.8 Å². The van der Waals surface area contributed by atoms with Gasteiger partial charge in [0, 0.05) is 21.2 Å².